The van der Waals surface area contributed by atoms with Gasteiger partial charge in [-0.15, -0.1) is 0 Å². The van der Waals surface area contributed by atoms with Crippen LogP contribution in [0.2, 0.25) is 0 Å². The van der Waals surface area contributed by atoms with E-state index in [-0.39, 0.29) is 29.0 Å². The first-order chi connectivity index (χ1) is 16.2. The molecule has 34 heavy (non-hydrogen) atoms. The van der Waals surface area contributed by atoms with Gasteiger partial charge >= 0.3 is 5.97 Å². The normalized spacial score (nSPS) is 16.3. The van der Waals surface area contributed by atoms with Crippen molar-refractivity contribution >= 4 is 43.9 Å². The van der Waals surface area contributed by atoms with Gasteiger partial charge < -0.3 is 20.6 Å². The number of amides is 1. The highest BCUT2D eigenvalue weighted by Crippen LogP contribution is 2.37. The number of carbonyl (C=O) groups is 2. The van der Waals surface area contributed by atoms with Crippen LogP contribution in [-0.4, -0.2) is 56.3 Å². The van der Waals surface area contributed by atoms with E-state index < -0.39 is 32.0 Å². The minimum atomic E-state index is -4.37. The lowest BCUT2D eigenvalue weighted by molar-refractivity contribution is -0.114. The Labute approximate surface area is 199 Å². The molecule has 12 heteroatoms. The summed E-state index contributed by atoms with van der Waals surface area (Å²) in [6, 6.07) is 12.7. The molecule has 1 saturated heterocycles. The number of carboxylic acids is 1. The molecule has 178 valence electrons. The first-order valence-corrected chi connectivity index (χ1v) is 12.6. The minimum absolute atomic E-state index is 0.00196. The second-order valence-corrected chi connectivity index (χ2v) is 10.3. The molecule has 2 heterocycles. The van der Waals surface area contributed by atoms with Crippen molar-refractivity contribution in [2.24, 2.45) is 0 Å². The van der Waals surface area contributed by atoms with E-state index in [1.807, 2.05) is 0 Å². The zero-order chi connectivity index (χ0) is 24.5. The van der Waals surface area contributed by atoms with E-state index in [1.54, 1.807) is 36.4 Å². The smallest absolute Gasteiger partial charge is 0.349 e. The molecule has 0 saturated carbocycles. The molecule has 4 rings (SSSR count). The van der Waals surface area contributed by atoms with Crippen LogP contribution in [-0.2, 0) is 14.6 Å². The Balaban J connectivity index is 1.79. The number of alkyl halides is 1. The number of sulfone groups is 1. The van der Waals surface area contributed by atoms with Crippen molar-refractivity contribution in [2.75, 3.05) is 29.9 Å². The van der Waals surface area contributed by atoms with Gasteiger partial charge in [-0.2, -0.15) is 0 Å². The van der Waals surface area contributed by atoms with Crippen molar-refractivity contribution in [1.82, 2.24) is 10.3 Å². The Morgan fingerprint density at radius 2 is 1.91 bits per heavy atom. The lowest BCUT2D eigenvalue weighted by Gasteiger charge is -2.30. The van der Waals surface area contributed by atoms with Gasteiger partial charge in [0.2, 0.25) is 15.7 Å². The van der Waals surface area contributed by atoms with E-state index in [9.17, 15) is 27.5 Å². The number of rotatable bonds is 6. The summed E-state index contributed by atoms with van der Waals surface area (Å²) in [4.78, 5) is 27.9. The number of hydrogen-bond donors (Lipinski definition) is 3. The first kappa shape index (κ1) is 23.8. The summed E-state index contributed by atoms with van der Waals surface area (Å²) in [6.07, 6.45) is -1.45. The van der Waals surface area contributed by atoms with Gasteiger partial charge in [-0.25, -0.2) is 22.6 Å². The van der Waals surface area contributed by atoms with Crippen LogP contribution in [0.15, 0.2) is 58.5 Å². The van der Waals surface area contributed by atoms with Crippen molar-refractivity contribution in [2.45, 2.75) is 23.1 Å². The summed E-state index contributed by atoms with van der Waals surface area (Å²) < 4.78 is 41.7. The molecule has 1 aliphatic rings. The van der Waals surface area contributed by atoms with Gasteiger partial charge in [0.25, 0.3) is 0 Å². The van der Waals surface area contributed by atoms with Crippen molar-refractivity contribution in [3.63, 3.8) is 0 Å². The first-order valence-electron chi connectivity index (χ1n) is 10.3. The molecule has 1 atom stereocenters. The van der Waals surface area contributed by atoms with E-state index >= 15 is 0 Å². The number of halogens is 1. The predicted molar refractivity (Wildman–Crippen MR) is 126 cm³/mol. The zero-order valence-corrected chi connectivity index (χ0v) is 19.6. The average Bonchev–Trinajstić information content (AvgIpc) is 3.26. The largest absolute Gasteiger partial charge is 0.477 e. The molecular weight excluding hydrogens is 483 g/mol. The SMILES string of the molecule is CC(=O)Nc1ccc(-c2ccccc2S(=O)(=O)c2nc(N3CCNCC3F)sc2C(=O)O)cc1. The fourth-order valence-corrected chi connectivity index (χ4v) is 6.46. The Morgan fingerprint density at radius 3 is 2.56 bits per heavy atom. The quantitative estimate of drug-likeness (QED) is 0.437. The van der Waals surface area contributed by atoms with E-state index in [0.717, 1.165) is 0 Å². The Bertz CT molecular complexity index is 1340. The molecule has 0 aliphatic carbocycles. The number of hydrogen-bond acceptors (Lipinski definition) is 8. The van der Waals surface area contributed by atoms with E-state index in [1.165, 1.54) is 24.0 Å². The standard InChI is InChI=1S/C22H21FN4O5S2/c1-13(28)25-15-8-6-14(7-9-15)16-4-2-3-5-17(16)34(31,32)20-19(21(29)30)33-22(26-20)27-11-10-24-12-18(27)23/h2-9,18,24H,10-12H2,1H3,(H,25,28)(H,29,30). The number of carbonyl (C=O) groups excluding carboxylic acids is 1. The van der Waals surface area contributed by atoms with Crippen molar-refractivity contribution in [1.29, 1.82) is 0 Å². The van der Waals surface area contributed by atoms with Gasteiger partial charge in [-0.1, -0.05) is 41.7 Å². The number of benzene rings is 2. The number of thiazole rings is 1. The number of anilines is 2. The maximum atomic E-state index is 14.4. The number of nitrogens with zero attached hydrogens (tertiary/aromatic N) is 2. The highest BCUT2D eigenvalue weighted by atomic mass is 32.2. The lowest BCUT2D eigenvalue weighted by Crippen LogP contribution is -2.49. The van der Waals surface area contributed by atoms with Crippen LogP contribution in [0.3, 0.4) is 0 Å². The third-order valence-corrected chi connectivity index (χ3v) is 8.10. The maximum Gasteiger partial charge on any atom is 0.349 e. The molecule has 1 aromatic heterocycles. The zero-order valence-electron chi connectivity index (χ0n) is 18.0. The summed E-state index contributed by atoms with van der Waals surface area (Å²) in [5.74, 6) is -1.69. The molecule has 1 amide bonds. The molecule has 1 fully saturated rings. The molecular formula is C22H21FN4O5S2. The minimum Gasteiger partial charge on any atom is -0.477 e. The second kappa shape index (κ2) is 9.49. The van der Waals surface area contributed by atoms with Crippen LogP contribution >= 0.6 is 11.3 Å². The summed E-state index contributed by atoms with van der Waals surface area (Å²) in [5.41, 5.74) is 1.44. The van der Waals surface area contributed by atoms with Gasteiger partial charge in [0.1, 0.15) is 0 Å². The molecule has 0 radical (unpaired) electrons. The van der Waals surface area contributed by atoms with Gasteiger partial charge in [-0.3, -0.25) is 4.79 Å². The van der Waals surface area contributed by atoms with E-state index in [2.05, 4.69) is 15.6 Å². The highest BCUT2D eigenvalue weighted by molar-refractivity contribution is 7.91. The summed E-state index contributed by atoms with van der Waals surface area (Å²) in [7, 11) is -4.37. The third-order valence-electron chi connectivity index (χ3n) is 5.15. The molecule has 1 aliphatic heterocycles. The van der Waals surface area contributed by atoms with E-state index in [4.69, 9.17) is 0 Å². The third kappa shape index (κ3) is 4.65. The molecule has 3 aromatic rings. The molecule has 0 spiro atoms. The fraction of sp³-hybridized carbons (Fsp3) is 0.227. The maximum absolute atomic E-state index is 14.4. The van der Waals surface area contributed by atoms with Crippen LogP contribution in [0.25, 0.3) is 11.1 Å². The Kier molecular flexibility index (Phi) is 6.64. The van der Waals surface area contributed by atoms with Crippen LogP contribution in [0.4, 0.5) is 15.2 Å². The Hall–Kier alpha value is -3.35. The number of aromatic carboxylic acids is 1. The second-order valence-electron chi connectivity index (χ2n) is 7.53. The topological polar surface area (TPSA) is 129 Å². The van der Waals surface area contributed by atoms with Gasteiger partial charge in [0.05, 0.1) is 4.90 Å². The van der Waals surface area contributed by atoms with Gasteiger partial charge in [-0.05, 0) is 23.8 Å². The van der Waals surface area contributed by atoms with Crippen LogP contribution in [0, 0.1) is 0 Å². The molecule has 1 unspecified atom stereocenters. The fourth-order valence-electron chi connectivity index (χ4n) is 3.60. The van der Waals surface area contributed by atoms with Crippen LogP contribution in [0.5, 0.6) is 0 Å². The monoisotopic (exact) mass is 504 g/mol. The number of carboxylic acid groups (broad SMARTS) is 1. The van der Waals surface area contributed by atoms with Crippen LogP contribution < -0.4 is 15.5 Å². The van der Waals surface area contributed by atoms with Crippen molar-refractivity contribution in [3.05, 3.63) is 53.4 Å². The Morgan fingerprint density at radius 1 is 1.21 bits per heavy atom. The van der Waals surface area contributed by atoms with Gasteiger partial charge in [0, 0.05) is 37.8 Å². The summed E-state index contributed by atoms with van der Waals surface area (Å²) in [5, 5.41) is 14.6. The number of piperazine rings is 1. The molecule has 3 N–H and O–H groups in total. The predicted octanol–water partition coefficient (Wildman–Crippen LogP) is 3.00. The summed E-state index contributed by atoms with van der Waals surface area (Å²) >= 11 is 0.637. The summed E-state index contributed by atoms with van der Waals surface area (Å²) in [6.45, 7) is 2.09. The average molecular weight is 505 g/mol. The van der Waals surface area contributed by atoms with Crippen LogP contribution in [0.1, 0.15) is 16.6 Å². The van der Waals surface area contributed by atoms with Crippen molar-refractivity contribution < 1.29 is 27.5 Å². The molecule has 9 nitrogen and oxygen atoms in total. The highest BCUT2D eigenvalue weighted by Gasteiger charge is 2.34. The van der Waals surface area contributed by atoms with Gasteiger partial charge in [0.15, 0.2) is 21.3 Å². The molecule has 0 bridgehead atoms. The van der Waals surface area contributed by atoms with E-state index in [0.29, 0.717) is 34.7 Å². The van der Waals surface area contributed by atoms with Crippen molar-refractivity contribution in [3.8, 4) is 11.1 Å². The lowest BCUT2D eigenvalue weighted by atomic mass is 10.1. The molecule has 2 aromatic carbocycles. The number of aromatic nitrogens is 1. The number of nitrogens with one attached hydrogen (secondary N) is 2.